The highest BCUT2D eigenvalue weighted by Gasteiger charge is 2.10. The molecule has 0 heterocycles. The summed E-state index contributed by atoms with van der Waals surface area (Å²) in [5, 5.41) is 2.55. The second-order valence-electron chi connectivity index (χ2n) is 2.82. The average Bonchev–Trinajstić information content (AvgIpc) is 2.27. The molecule has 0 aliphatic carbocycles. The standard InChI is InChI=1S/C10H14N2O2/c1-12-10(13)8-5-7(6-11)3-4-9(8)14-2/h3-5H,6,11H2,1-2H3,(H,12,13). The predicted octanol–water partition coefficient (Wildman–Crippen LogP) is 0.513. The third kappa shape index (κ3) is 2.03. The van der Waals surface area contributed by atoms with Crippen LogP contribution in [0.5, 0.6) is 5.75 Å². The van der Waals surface area contributed by atoms with E-state index in [2.05, 4.69) is 5.32 Å². The van der Waals surface area contributed by atoms with E-state index < -0.39 is 0 Å². The molecule has 0 atom stereocenters. The number of amides is 1. The first kappa shape index (κ1) is 10.5. The molecule has 0 aliphatic heterocycles. The van der Waals surface area contributed by atoms with Crippen molar-refractivity contribution in [2.24, 2.45) is 5.73 Å². The van der Waals surface area contributed by atoms with Crippen molar-refractivity contribution in [1.82, 2.24) is 5.32 Å². The van der Waals surface area contributed by atoms with Crippen LogP contribution in [0.15, 0.2) is 18.2 Å². The first-order valence-electron chi connectivity index (χ1n) is 4.32. The van der Waals surface area contributed by atoms with Gasteiger partial charge in [0.1, 0.15) is 5.75 Å². The van der Waals surface area contributed by atoms with E-state index in [4.69, 9.17) is 10.5 Å². The quantitative estimate of drug-likeness (QED) is 0.737. The molecule has 0 radical (unpaired) electrons. The van der Waals surface area contributed by atoms with E-state index in [0.29, 0.717) is 17.9 Å². The van der Waals surface area contributed by atoms with Crippen molar-refractivity contribution in [3.63, 3.8) is 0 Å². The van der Waals surface area contributed by atoms with Crippen LogP contribution >= 0.6 is 0 Å². The Morgan fingerprint density at radius 1 is 1.57 bits per heavy atom. The third-order valence-corrected chi connectivity index (χ3v) is 1.97. The van der Waals surface area contributed by atoms with E-state index in [1.54, 1.807) is 19.2 Å². The van der Waals surface area contributed by atoms with Crippen LogP contribution in [0.25, 0.3) is 0 Å². The van der Waals surface area contributed by atoms with Gasteiger partial charge in [0.25, 0.3) is 5.91 Å². The van der Waals surface area contributed by atoms with E-state index in [9.17, 15) is 4.79 Å². The molecule has 0 aromatic heterocycles. The summed E-state index contributed by atoms with van der Waals surface area (Å²) in [6.45, 7) is 0.411. The second-order valence-corrected chi connectivity index (χ2v) is 2.82. The molecule has 3 N–H and O–H groups in total. The van der Waals surface area contributed by atoms with Gasteiger partial charge in [-0.05, 0) is 17.7 Å². The second kappa shape index (κ2) is 4.62. The van der Waals surface area contributed by atoms with Gasteiger partial charge in [-0.3, -0.25) is 4.79 Å². The highest BCUT2D eigenvalue weighted by molar-refractivity contribution is 5.96. The Hall–Kier alpha value is -1.55. The first-order valence-corrected chi connectivity index (χ1v) is 4.32. The maximum Gasteiger partial charge on any atom is 0.254 e. The minimum Gasteiger partial charge on any atom is -0.496 e. The molecule has 14 heavy (non-hydrogen) atoms. The van der Waals surface area contributed by atoms with Gasteiger partial charge in [-0.25, -0.2) is 0 Å². The van der Waals surface area contributed by atoms with Crippen molar-refractivity contribution in [2.75, 3.05) is 14.2 Å². The average molecular weight is 194 g/mol. The highest BCUT2D eigenvalue weighted by Crippen LogP contribution is 2.19. The number of nitrogens with two attached hydrogens (primary N) is 1. The smallest absolute Gasteiger partial charge is 0.254 e. The van der Waals surface area contributed by atoms with Gasteiger partial charge in [-0.2, -0.15) is 0 Å². The number of carbonyl (C=O) groups excluding carboxylic acids is 1. The van der Waals surface area contributed by atoms with Crippen LogP contribution in [0.3, 0.4) is 0 Å². The van der Waals surface area contributed by atoms with Gasteiger partial charge in [-0.1, -0.05) is 6.07 Å². The van der Waals surface area contributed by atoms with Crippen molar-refractivity contribution in [3.05, 3.63) is 29.3 Å². The maximum atomic E-state index is 11.4. The molecule has 0 spiro atoms. The molecular formula is C10H14N2O2. The van der Waals surface area contributed by atoms with Crippen LogP contribution in [-0.2, 0) is 6.54 Å². The fourth-order valence-electron chi connectivity index (χ4n) is 1.19. The van der Waals surface area contributed by atoms with Gasteiger partial charge < -0.3 is 15.8 Å². The fraction of sp³-hybridized carbons (Fsp3) is 0.300. The largest absolute Gasteiger partial charge is 0.496 e. The van der Waals surface area contributed by atoms with Crippen LogP contribution in [0.2, 0.25) is 0 Å². The third-order valence-electron chi connectivity index (χ3n) is 1.97. The van der Waals surface area contributed by atoms with Gasteiger partial charge >= 0.3 is 0 Å². The van der Waals surface area contributed by atoms with Crippen LogP contribution in [0.4, 0.5) is 0 Å². The number of hydrogen-bond donors (Lipinski definition) is 2. The topological polar surface area (TPSA) is 64.4 Å². The zero-order valence-corrected chi connectivity index (χ0v) is 8.33. The molecule has 4 nitrogen and oxygen atoms in total. The van der Waals surface area contributed by atoms with Gasteiger partial charge in [0.15, 0.2) is 0 Å². The Morgan fingerprint density at radius 2 is 2.29 bits per heavy atom. The van der Waals surface area contributed by atoms with Crippen LogP contribution in [0, 0.1) is 0 Å². The Morgan fingerprint density at radius 3 is 2.79 bits per heavy atom. The predicted molar refractivity (Wildman–Crippen MR) is 54.3 cm³/mol. The summed E-state index contributed by atoms with van der Waals surface area (Å²) in [6, 6.07) is 5.32. The molecule has 1 amide bonds. The minimum atomic E-state index is -0.169. The van der Waals surface area contributed by atoms with E-state index in [-0.39, 0.29) is 5.91 Å². The van der Waals surface area contributed by atoms with E-state index >= 15 is 0 Å². The number of rotatable bonds is 3. The van der Waals surface area contributed by atoms with Gasteiger partial charge in [0.2, 0.25) is 0 Å². The summed E-state index contributed by atoms with van der Waals surface area (Å²) in [5.41, 5.74) is 6.90. The molecule has 0 saturated heterocycles. The van der Waals surface area contributed by atoms with Crippen molar-refractivity contribution < 1.29 is 9.53 Å². The van der Waals surface area contributed by atoms with Gasteiger partial charge in [0, 0.05) is 13.6 Å². The molecule has 0 bridgehead atoms. The minimum absolute atomic E-state index is 0.169. The molecule has 1 aromatic carbocycles. The SMILES string of the molecule is CNC(=O)c1cc(CN)ccc1OC. The summed E-state index contributed by atoms with van der Waals surface area (Å²) in [7, 11) is 3.11. The molecular weight excluding hydrogens is 180 g/mol. The summed E-state index contributed by atoms with van der Waals surface area (Å²) < 4.78 is 5.07. The Kier molecular flexibility index (Phi) is 3.48. The molecule has 0 saturated carbocycles. The molecule has 0 aliphatic rings. The lowest BCUT2D eigenvalue weighted by molar-refractivity contribution is 0.0960. The Balaban J connectivity index is 3.14. The Bertz CT molecular complexity index is 337. The monoisotopic (exact) mass is 194 g/mol. The molecule has 4 heteroatoms. The van der Waals surface area contributed by atoms with Crippen molar-refractivity contribution in [2.45, 2.75) is 6.54 Å². The number of hydrogen-bond acceptors (Lipinski definition) is 3. The van der Waals surface area contributed by atoms with Gasteiger partial charge in [-0.15, -0.1) is 0 Å². The van der Waals surface area contributed by atoms with Gasteiger partial charge in [0.05, 0.1) is 12.7 Å². The zero-order valence-electron chi connectivity index (χ0n) is 8.33. The van der Waals surface area contributed by atoms with Crippen molar-refractivity contribution in [1.29, 1.82) is 0 Å². The molecule has 1 rings (SSSR count). The highest BCUT2D eigenvalue weighted by atomic mass is 16.5. The number of methoxy groups -OCH3 is 1. The van der Waals surface area contributed by atoms with Crippen molar-refractivity contribution >= 4 is 5.91 Å². The summed E-state index contributed by atoms with van der Waals surface area (Å²) in [4.78, 5) is 11.4. The summed E-state index contributed by atoms with van der Waals surface area (Å²) in [5.74, 6) is 0.388. The van der Waals surface area contributed by atoms with E-state index in [1.165, 1.54) is 7.11 Å². The van der Waals surface area contributed by atoms with Crippen LogP contribution in [0.1, 0.15) is 15.9 Å². The lowest BCUT2D eigenvalue weighted by Crippen LogP contribution is -2.19. The number of nitrogens with one attached hydrogen (secondary N) is 1. The molecule has 0 unspecified atom stereocenters. The number of benzene rings is 1. The first-order chi connectivity index (χ1) is 6.72. The van der Waals surface area contributed by atoms with E-state index in [0.717, 1.165) is 5.56 Å². The lowest BCUT2D eigenvalue weighted by Gasteiger charge is -2.08. The number of carbonyl (C=O) groups is 1. The summed E-state index contributed by atoms with van der Waals surface area (Å²) >= 11 is 0. The van der Waals surface area contributed by atoms with Crippen molar-refractivity contribution in [3.8, 4) is 5.75 Å². The Labute approximate surface area is 83.1 Å². The van der Waals surface area contributed by atoms with Crippen LogP contribution < -0.4 is 15.8 Å². The van der Waals surface area contributed by atoms with E-state index in [1.807, 2.05) is 6.07 Å². The lowest BCUT2D eigenvalue weighted by atomic mass is 10.1. The van der Waals surface area contributed by atoms with Crippen LogP contribution in [-0.4, -0.2) is 20.1 Å². The maximum absolute atomic E-state index is 11.4. The zero-order chi connectivity index (χ0) is 10.6. The summed E-state index contributed by atoms with van der Waals surface area (Å²) in [6.07, 6.45) is 0. The fourth-order valence-corrected chi connectivity index (χ4v) is 1.19. The molecule has 0 fully saturated rings. The normalized spacial score (nSPS) is 9.64. The molecule has 76 valence electrons. The number of ether oxygens (including phenoxy) is 1. The molecule has 1 aromatic rings.